The Bertz CT molecular complexity index is 1420. The highest BCUT2D eigenvalue weighted by Crippen LogP contribution is 2.57. The van der Waals surface area contributed by atoms with Crippen LogP contribution < -0.4 is 9.05 Å². The van der Waals surface area contributed by atoms with Crippen molar-refractivity contribution in [3.8, 4) is 11.5 Å². The maximum Gasteiger partial charge on any atom is 0.383 e. The predicted molar refractivity (Wildman–Crippen MR) is 174 cm³/mol. The molecule has 7 heteroatoms. The quantitative estimate of drug-likeness (QED) is 0.0976. The van der Waals surface area contributed by atoms with Gasteiger partial charge in [-0.3, -0.25) is 9.09 Å². The average Bonchev–Trinajstić information content (AvgIpc) is 2.94. The fourth-order valence-electron chi connectivity index (χ4n) is 5.65. The van der Waals surface area contributed by atoms with Crippen molar-refractivity contribution >= 4 is 15.0 Å². The van der Waals surface area contributed by atoms with Crippen LogP contribution in [0.25, 0.3) is 0 Å². The Hall–Kier alpha value is -2.58. The molecule has 42 heavy (non-hydrogen) atoms. The molecule has 3 aromatic rings. The third-order valence-corrected chi connectivity index (χ3v) is 11.0. The lowest BCUT2D eigenvalue weighted by Crippen LogP contribution is -2.10. The van der Waals surface area contributed by atoms with Crippen LogP contribution in [0.15, 0.2) is 84.4 Å². The van der Waals surface area contributed by atoms with Crippen molar-refractivity contribution in [3.63, 3.8) is 0 Å². The fourth-order valence-corrected chi connectivity index (χ4v) is 8.86. The Morgan fingerprint density at radius 2 is 1.43 bits per heavy atom. The van der Waals surface area contributed by atoms with Crippen LogP contribution in [0.2, 0.25) is 0 Å². The molecule has 3 atom stereocenters. The van der Waals surface area contributed by atoms with Crippen molar-refractivity contribution in [2.75, 3.05) is 13.3 Å². The highest BCUT2D eigenvalue weighted by molar-refractivity contribution is 7.57. The van der Waals surface area contributed by atoms with Crippen molar-refractivity contribution in [3.05, 3.63) is 107 Å². The summed E-state index contributed by atoms with van der Waals surface area (Å²) in [7, 11) is -6.68. The van der Waals surface area contributed by atoms with Crippen LogP contribution >= 0.6 is 15.0 Å². The van der Waals surface area contributed by atoms with E-state index in [9.17, 15) is 9.13 Å². The van der Waals surface area contributed by atoms with Gasteiger partial charge in [-0.1, -0.05) is 92.1 Å². The summed E-state index contributed by atoms with van der Waals surface area (Å²) in [5.41, 5.74) is 5.00. The van der Waals surface area contributed by atoms with Crippen LogP contribution in [-0.2, 0) is 32.4 Å². The molecule has 4 rings (SSSR count). The Morgan fingerprint density at radius 3 is 2.02 bits per heavy atom. The first-order valence-electron chi connectivity index (χ1n) is 15.3. The number of benzene rings is 3. The van der Waals surface area contributed by atoms with E-state index in [0.29, 0.717) is 17.7 Å². The third-order valence-electron chi connectivity index (χ3n) is 7.56. The van der Waals surface area contributed by atoms with E-state index in [1.165, 1.54) is 5.57 Å². The standard InChI is InChI=1S/C35H46O5P2/c1-5-7-10-21-31-24-33(39-41(4,36)26-29-17-11-8-12-18-29)35(32-22-15-16-28(3)23-32)34(25-31)40-42(37,38-6-2)27-30-19-13-9-14-20-30/h8-9,11-14,17-20,23-25,32H,5-7,10,15-16,21-22,26-27H2,1-4H3. The number of hydrogen-bond donors (Lipinski definition) is 0. The Morgan fingerprint density at radius 1 is 0.810 bits per heavy atom. The lowest BCUT2D eigenvalue weighted by atomic mass is 9.84. The van der Waals surface area contributed by atoms with E-state index in [1.54, 1.807) is 6.66 Å². The normalized spacial score (nSPS) is 18.0. The van der Waals surface area contributed by atoms with Crippen molar-refractivity contribution in [1.82, 2.24) is 0 Å². The number of aryl methyl sites for hydroxylation is 1. The maximum atomic E-state index is 14.3. The second kappa shape index (κ2) is 15.2. The van der Waals surface area contributed by atoms with Gasteiger partial charge in [0.05, 0.1) is 18.9 Å². The Labute approximate surface area is 252 Å². The SMILES string of the molecule is CCCCCc1cc(OP(C)(=O)Cc2ccccc2)c(C2C=C(C)CCC2)c(OP(=O)(Cc2ccccc2)OCC)c1. The van der Waals surface area contributed by atoms with Gasteiger partial charge in [-0.2, -0.15) is 0 Å². The van der Waals surface area contributed by atoms with Gasteiger partial charge in [0.25, 0.3) is 0 Å². The van der Waals surface area contributed by atoms with Gasteiger partial charge >= 0.3 is 7.60 Å². The van der Waals surface area contributed by atoms with Crippen molar-refractivity contribution in [2.24, 2.45) is 0 Å². The van der Waals surface area contributed by atoms with Gasteiger partial charge in [-0.05, 0) is 74.8 Å². The summed E-state index contributed by atoms with van der Waals surface area (Å²) >= 11 is 0. The molecule has 5 nitrogen and oxygen atoms in total. The fraction of sp³-hybridized carbons (Fsp3) is 0.429. The van der Waals surface area contributed by atoms with E-state index in [1.807, 2.05) is 79.7 Å². The monoisotopic (exact) mass is 608 g/mol. The summed E-state index contributed by atoms with van der Waals surface area (Å²) in [5, 5.41) is 0. The lowest BCUT2D eigenvalue weighted by molar-refractivity contribution is 0.277. The Kier molecular flexibility index (Phi) is 11.7. The lowest BCUT2D eigenvalue weighted by Gasteiger charge is -2.28. The zero-order valence-corrected chi connectivity index (χ0v) is 27.4. The summed E-state index contributed by atoms with van der Waals surface area (Å²) in [6, 6.07) is 23.6. The molecule has 3 aromatic carbocycles. The number of unbranched alkanes of at least 4 members (excludes halogenated alkanes) is 2. The molecular formula is C35H46O5P2. The molecule has 0 amide bonds. The third kappa shape index (κ3) is 9.46. The average molecular weight is 609 g/mol. The first-order chi connectivity index (χ1) is 20.2. The van der Waals surface area contributed by atoms with Crippen LogP contribution in [0.5, 0.6) is 11.5 Å². The number of allylic oxidation sites excluding steroid dienone is 2. The zero-order chi connectivity index (χ0) is 30.0. The molecule has 0 aliphatic heterocycles. The van der Waals surface area contributed by atoms with Crippen LogP contribution in [0.4, 0.5) is 0 Å². The summed E-state index contributed by atoms with van der Waals surface area (Å²) in [6.07, 6.45) is 9.78. The molecule has 0 aromatic heterocycles. The van der Waals surface area contributed by atoms with Crippen molar-refractivity contribution < 1.29 is 22.7 Å². The minimum absolute atomic E-state index is 0.00281. The first kappa shape index (κ1) is 32.3. The number of hydrogen-bond acceptors (Lipinski definition) is 5. The second-order valence-electron chi connectivity index (χ2n) is 11.5. The van der Waals surface area contributed by atoms with Gasteiger partial charge < -0.3 is 9.05 Å². The maximum absolute atomic E-state index is 14.3. The molecule has 0 saturated heterocycles. The molecule has 3 unspecified atom stereocenters. The van der Waals surface area contributed by atoms with Crippen molar-refractivity contribution in [2.45, 2.75) is 84.0 Å². The van der Waals surface area contributed by atoms with Crippen LogP contribution in [-0.4, -0.2) is 13.3 Å². The van der Waals surface area contributed by atoms with Gasteiger partial charge in [0, 0.05) is 18.1 Å². The van der Waals surface area contributed by atoms with Gasteiger partial charge in [0.15, 0.2) is 0 Å². The molecule has 0 fully saturated rings. The van der Waals surface area contributed by atoms with E-state index < -0.39 is 15.0 Å². The minimum atomic E-state index is -3.58. The molecular weight excluding hydrogens is 562 g/mol. The highest BCUT2D eigenvalue weighted by Gasteiger charge is 2.32. The molecule has 0 N–H and O–H groups in total. The molecule has 0 saturated carbocycles. The van der Waals surface area contributed by atoms with Crippen LogP contribution in [0.3, 0.4) is 0 Å². The van der Waals surface area contributed by atoms with E-state index in [0.717, 1.165) is 67.2 Å². The zero-order valence-electron chi connectivity index (χ0n) is 25.6. The highest BCUT2D eigenvalue weighted by atomic mass is 31.2. The van der Waals surface area contributed by atoms with Gasteiger partial charge in [-0.25, -0.2) is 4.57 Å². The molecule has 0 heterocycles. The topological polar surface area (TPSA) is 61.8 Å². The minimum Gasteiger partial charge on any atom is -0.442 e. The second-order valence-corrected chi connectivity index (χ2v) is 16.0. The first-order valence-corrected chi connectivity index (χ1v) is 19.3. The molecule has 226 valence electrons. The molecule has 0 spiro atoms. The summed E-state index contributed by atoms with van der Waals surface area (Å²) in [6.45, 7) is 8.14. The Balaban J connectivity index is 1.81. The summed E-state index contributed by atoms with van der Waals surface area (Å²) < 4.78 is 47.2. The van der Waals surface area contributed by atoms with E-state index in [4.69, 9.17) is 13.6 Å². The van der Waals surface area contributed by atoms with Gasteiger partial charge in [-0.15, -0.1) is 0 Å². The summed E-state index contributed by atoms with van der Waals surface area (Å²) in [4.78, 5) is 0. The van der Waals surface area contributed by atoms with Crippen LogP contribution in [0.1, 0.15) is 87.5 Å². The molecule has 0 radical (unpaired) electrons. The molecule has 0 bridgehead atoms. The van der Waals surface area contributed by atoms with E-state index in [-0.39, 0.29) is 18.7 Å². The smallest absolute Gasteiger partial charge is 0.383 e. The van der Waals surface area contributed by atoms with Gasteiger partial charge in [0.2, 0.25) is 7.37 Å². The van der Waals surface area contributed by atoms with E-state index in [2.05, 4.69) is 19.9 Å². The van der Waals surface area contributed by atoms with Gasteiger partial charge in [0.1, 0.15) is 11.5 Å². The van der Waals surface area contributed by atoms with Crippen LogP contribution in [0, 0.1) is 0 Å². The summed E-state index contributed by atoms with van der Waals surface area (Å²) in [5.74, 6) is 1.08. The molecule has 1 aliphatic carbocycles. The predicted octanol–water partition coefficient (Wildman–Crippen LogP) is 10.9. The molecule has 1 aliphatic rings. The largest absolute Gasteiger partial charge is 0.442 e. The van der Waals surface area contributed by atoms with E-state index >= 15 is 0 Å². The number of rotatable bonds is 15. The van der Waals surface area contributed by atoms with Crippen molar-refractivity contribution in [1.29, 1.82) is 0 Å².